The van der Waals surface area contributed by atoms with Gasteiger partial charge in [0.15, 0.2) is 0 Å². The lowest BCUT2D eigenvalue weighted by atomic mass is 9.84. The summed E-state index contributed by atoms with van der Waals surface area (Å²) in [5.41, 5.74) is 5.28. The van der Waals surface area contributed by atoms with Gasteiger partial charge < -0.3 is 14.6 Å². The van der Waals surface area contributed by atoms with Crippen LogP contribution in [0.3, 0.4) is 0 Å². The highest BCUT2D eigenvalue weighted by Crippen LogP contribution is 2.37. The van der Waals surface area contributed by atoms with Gasteiger partial charge in [0.1, 0.15) is 23.9 Å². The van der Waals surface area contributed by atoms with Crippen molar-refractivity contribution in [1.29, 1.82) is 0 Å². The van der Waals surface area contributed by atoms with Gasteiger partial charge in [0.05, 0.1) is 11.5 Å². The van der Waals surface area contributed by atoms with Gasteiger partial charge in [0.25, 0.3) is 0 Å². The number of hydrogen-bond donors (Lipinski definition) is 2. The standard InChI is InChI=1S/C44H52N2O5S/c1-33(2)46(34(3)4)30-27-42(37-14-9-6-10-15-37)44-38(16-11-17-43(44)47)28-31-50-39-20-18-35(19-21-39)26-29-45-52(48,49)41-24-22-40(23-25-41)51-32-36-12-7-5-8-13-36/h5-25,33-34,42,45,47H,26-32H2,1-4H3. The molecule has 0 saturated carbocycles. The molecule has 0 spiro atoms. The number of sulfonamides is 1. The van der Waals surface area contributed by atoms with Crippen molar-refractivity contribution in [1.82, 2.24) is 9.62 Å². The van der Waals surface area contributed by atoms with Gasteiger partial charge in [-0.2, -0.15) is 0 Å². The summed E-state index contributed by atoms with van der Waals surface area (Å²) in [7, 11) is -3.66. The summed E-state index contributed by atoms with van der Waals surface area (Å²) >= 11 is 0. The van der Waals surface area contributed by atoms with E-state index >= 15 is 0 Å². The number of phenols is 1. The topological polar surface area (TPSA) is 88.1 Å². The van der Waals surface area contributed by atoms with E-state index in [1.54, 1.807) is 30.3 Å². The first-order chi connectivity index (χ1) is 25.1. The van der Waals surface area contributed by atoms with Gasteiger partial charge in [-0.15, -0.1) is 0 Å². The van der Waals surface area contributed by atoms with E-state index in [-0.39, 0.29) is 17.4 Å². The summed E-state index contributed by atoms with van der Waals surface area (Å²) in [5.74, 6) is 1.72. The fourth-order valence-corrected chi connectivity index (χ4v) is 7.71. The maximum atomic E-state index is 12.9. The molecular formula is C44H52N2O5S. The molecule has 0 aliphatic carbocycles. The number of rotatable bonds is 19. The highest BCUT2D eigenvalue weighted by atomic mass is 32.2. The third-order valence-electron chi connectivity index (χ3n) is 9.38. The average molecular weight is 721 g/mol. The first-order valence-corrected chi connectivity index (χ1v) is 19.7. The van der Waals surface area contributed by atoms with Gasteiger partial charge >= 0.3 is 0 Å². The van der Waals surface area contributed by atoms with Crippen molar-refractivity contribution in [3.05, 3.63) is 155 Å². The molecule has 5 rings (SSSR count). The van der Waals surface area contributed by atoms with Crippen LogP contribution < -0.4 is 14.2 Å². The van der Waals surface area contributed by atoms with Gasteiger partial charge in [0.2, 0.25) is 10.0 Å². The van der Waals surface area contributed by atoms with Gasteiger partial charge in [-0.1, -0.05) is 84.9 Å². The van der Waals surface area contributed by atoms with Crippen LogP contribution in [0.2, 0.25) is 0 Å². The van der Waals surface area contributed by atoms with Crippen LogP contribution in [0.5, 0.6) is 17.2 Å². The first kappa shape index (κ1) is 38.6. The van der Waals surface area contributed by atoms with Crippen LogP contribution in [0.4, 0.5) is 0 Å². The van der Waals surface area contributed by atoms with Crippen molar-refractivity contribution in [2.24, 2.45) is 0 Å². The Bertz CT molecular complexity index is 1910. The maximum Gasteiger partial charge on any atom is 0.240 e. The molecule has 0 aliphatic rings. The minimum Gasteiger partial charge on any atom is -0.508 e. The van der Waals surface area contributed by atoms with Gasteiger partial charge in [-0.3, -0.25) is 4.90 Å². The summed E-state index contributed by atoms with van der Waals surface area (Å²) in [6.45, 7) is 11.0. The number of phenolic OH excluding ortho intramolecular Hbond substituents is 1. The molecule has 274 valence electrons. The normalized spacial score (nSPS) is 12.4. The molecule has 5 aromatic rings. The molecule has 2 N–H and O–H groups in total. The molecule has 1 unspecified atom stereocenters. The predicted octanol–water partition coefficient (Wildman–Crippen LogP) is 8.75. The molecule has 0 saturated heterocycles. The Balaban J connectivity index is 1.14. The summed E-state index contributed by atoms with van der Waals surface area (Å²) in [6, 6.07) is 41.2. The number of benzene rings is 5. The van der Waals surface area contributed by atoms with E-state index in [2.05, 4.69) is 67.6 Å². The Kier molecular flexibility index (Phi) is 13.9. The van der Waals surface area contributed by atoms with E-state index in [1.165, 1.54) is 5.56 Å². The summed E-state index contributed by atoms with van der Waals surface area (Å²) in [6.07, 6.45) is 2.07. The van der Waals surface area contributed by atoms with Crippen LogP contribution in [0, 0.1) is 0 Å². The van der Waals surface area contributed by atoms with Crippen LogP contribution in [0.25, 0.3) is 0 Å². The van der Waals surface area contributed by atoms with E-state index in [1.807, 2.05) is 66.7 Å². The lowest BCUT2D eigenvalue weighted by molar-refractivity contribution is 0.170. The molecule has 5 aromatic carbocycles. The van der Waals surface area contributed by atoms with Crippen molar-refractivity contribution < 1.29 is 23.0 Å². The van der Waals surface area contributed by atoms with Gasteiger partial charge in [0, 0.05) is 36.5 Å². The fraction of sp³-hybridized carbons (Fsp3) is 0.318. The fourth-order valence-electron chi connectivity index (χ4n) is 6.67. The summed E-state index contributed by atoms with van der Waals surface area (Å²) in [5, 5.41) is 11.2. The Morgan fingerprint density at radius 1 is 0.673 bits per heavy atom. The molecule has 7 nitrogen and oxygen atoms in total. The third-order valence-corrected chi connectivity index (χ3v) is 10.9. The van der Waals surface area contributed by atoms with Crippen molar-refractivity contribution in [2.45, 2.75) is 76.5 Å². The zero-order chi connectivity index (χ0) is 36.9. The number of aromatic hydroxyl groups is 1. The monoisotopic (exact) mass is 720 g/mol. The molecular weight excluding hydrogens is 669 g/mol. The second-order valence-electron chi connectivity index (χ2n) is 13.7. The lowest BCUT2D eigenvalue weighted by Gasteiger charge is -2.32. The quantitative estimate of drug-likeness (QED) is 0.0888. The largest absolute Gasteiger partial charge is 0.508 e. The van der Waals surface area contributed by atoms with Crippen LogP contribution in [0.15, 0.2) is 132 Å². The molecule has 0 aromatic heterocycles. The number of ether oxygens (including phenoxy) is 2. The van der Waals surface area contributed by atoms with E-state index in [0.717, 1.165) is 41.0 Å². The molecule has 8 heteroatoms. The highest BCUT2D eigenvalue weighted by Gasteiger charge is 2.24. The van der Waals surface area contributed by atoms with Crippen molar-refractivity contribution >= 4 is 10.0 Å². The minimum atomic E-state index is -3.66. The van der Waals surface area contributed by atoms with Crippen LogP contribution in [0.1, 0.15) is 67.9 Å². The number of nitrogens with zero attached hydrogens (tertiary/aromatic N) is 1. The van der Waals surface area contributed by atoms with Crippen molar-refractivity contribution in [3.63, 3.8) is 0 Å². The molecule has 0 radical (unpaired) electrons. The Morgan fingerprint density at radius 2 is 1.29 bits per heavy atom. The predicted molar refractivity (Wildman–Crippen MR) is 210 cm³/mol. The second-order valence-corrected chi connectivity index (χ2v) is 15.4. The molecule has 0 fully saturated rings. The zero-order valence-electron chi connectivity index (χ0n) is 30.7. The van der Waals surface area contributed by atoms with Crippen molar-refractivity contribution in [2.75, 3.05) is 19.7 Å². The molecule has 52 heavy (non-hydrogen) atoms. The maximum absolute atomic E-state index is 12.9. The molecule has 1 atom stereocenters. The van der Waals surface area contributed by atoms with E-state index in [0.29, 0.717) is 49.6 Å². The van der Waals surface area contributed by atoms with Gasteiger partial charge in [-0.05, 0) is 112 Å². The third kappa shape index (κ3) is 10.9. The molecule has 0 aliphatic heterocycles. The molecule has 0 bridgehead atoms. The van der Waals surface area contributed by atoms with E-state index in [9.17, 15) is 13.5 Å². The van der Waals surface area contributed by atoms with Crippen LogP contribution in [-0.4, -0.2) is 50.2 Å². The smallest absolute Gasteiger partial charge is 0.240 e. The SMILES string of the molecule is CC(C)N(CCC(c1ccccc1)c1c(O)cccc1CCOc1ccc(CCNS(=O)(=O)c2ccc(OCc3ccccc3)cc2)cc1)C(C)C. The average Bonchev–Trinajstić information content (AvgIpc) is 3.14. The number of hydrogen-bond acceptors (Lipinski definition) is 6. The second kappa shape index (κ2) is 18.7. The van der Waals surface area contributed by atoms with E-state index < -0.39 is 10.0 Å². The molecule has 0 amide bonds. The molecule has 0 heterocycles. The Labute approximate surface area is 310 Å². The Morgan fingerprint density at radius 3 is 1.94 bits per heavy atom. The van der Waals surface area contributed by atoms with Crippen LogP contribution >= 0.6 is 0 Å². The highest BCUT2D eigenvalue weighted by molar-refractivity contribution is 7.89. The first-order valence-electron chi connectivity index (χ1n) is 18.2. The zero-order valence-corrected chi connectivity index (χ0v) is 31.6. The minimum absolute atomic E-state index is 0.0485. The van der Waals surface area contributed by atoms with E-state index in [4.69, 9.17) is 9.47 Å². The summed E-state index contributed by atoms with van der Waals surface area (Å²) < 4.78 is 40.4. The Hall–Kier alpha value is -4.63. The lowest BCUT2D eigenvalue weighted by Crippen LogP contribution is -2.38. The van der Waals surface area contributed by atoms with Crippen molar-refractivity contribution in [3.8, 4) is 17.2 Å². The van der Waals surface area contributed by atoms with Crippen LogP contribution in [-0.2, 0) is 29.5 Å². The van der Waals surface area contributed by atoms with Gasteiger partial charge in [-0.25, -0.2) is 13.1 Å². The number of nitrogens with one attached hydrogen (secondary N) is 1. The summed E-state index contributed by atoms with van der Waals surface area (Å²) in [4.78, 5) is 2.70.